The summed E-state index contributed by atoms with van der Waals surface area (Å²) >= 11 is 6.16. The second-order valence-corrected chi connectivity index (χ2v) is 6.58. The van der Waals surface area contributed by atoms with Crippen LogP contribution in [0, 0.1) is 5.82 Å². The lowest BCUT2D eigenvalue weighted by Crippen LogP contribution is -2.25. The van der Waals surface area contributed by atoms with Gasteiger partial charge in [0, 0.05) is 23.4 Å². The highest BCUT2D eigenvalue weighted by Gasteiger charge is 2.43. The molecule has 0 saturated heterocycles. The highest BCUT2D eigenvalue weighted by atomic mass is 35.5. The summed E-state index contributed by atoms with van der Waals surface area (Å²) in [6, 6.07) is 9.15. The van der Waals surface area contributed by atoms with Crippen LogP contribution >= 0.6 is 11.6 Å². The number of aromatic nitrogens is 1. The van der Waals surface area contributed by atoms with Crippen molar-refractivity contribution in [2.24, 2.45) is 0 Å². The van der Waals surface area contributed by atoms with Crippen LogP contribution in [0.4, 0.5) is 19.0 Å². The molecule has 3 aromatic rings. The van der Waals surface area contributed by atoms with Gasteiger partial charge in [0.05, 0.1) is 17.7 Å². The molecule has 1 N–H and O–H groups in total. The average Bonchev–Trinajstić information content (AvgIpc) is 3.00. The number of nitrogens with zero attached hydrogens (tertiary/aromatic N) is 1. The zero-order valence-corrected chi connectivity index (χ0v) is 16.0. The van der Waals surface area contributed by atoms with Crippen LogP contribution in [0.15, 0.2) is 48.7 Å². The van der Waals surface area contributed by atoms with Crippen molar-refractivity contribution in [1.82, 2.24) is 4.98 Å². The Kier molecular flexibility index (Phi) is 4.90. The van der Waals surface area contributed by atoms with Crippen LogP contribution in [-0.4, -0.2) is 24.3 Å². The number of pyridine rings is 1. The van der Waals surface area contributed by atoms with E-state index in [0.29, 0.717) is 11.1 Å². The first-order valence-electron chi connectivity index (χ1n) is 8.46. The van der Waals surface area contributed by atoms with Gasteiger partial charge in [-0.2, -0.15) is 0 Å². The topological polar surface area (TPSA) is 69.7 Å². The summed E-state index contributed by atoms with van der Waals surface area (Å²) in [4.78, 5) is 16.5. The Bertz CT molecular complexity index is 1140. The lowest BCUT2D eigenvalue weighted by atomic mass is 10.1. The van der Waals surface area contributed by atoms with Gasteiger partial charge in [-0.25, -0.2) is 9.37 Å². The molecular formula is C20H12ClF3N2O4. The molecule has 0 spiro atoms. The number of ether oxygens (including phenoxy) is 3. The SMILES string of the molecule is COc1ccc(F)cc1C(=O)Nc1ccc(-c2cc3c(cc2Cl)OC(F)(F)O3)cn1. The van der Waals surface area contributed by atoms with Gasteiger partial charge in [-0.1, -0.05) is 11.6 Å². The first-order chi connectivity index (χ1) is 14.3. The fourth-order valence-electron chi connectivity index (χ4n) is 2.86. The normalized spacial score (nSPS) is 13.8. The summed E-state index contributed by atoms with van der Waals surface area (Å²) in [5.41, 5.74) is 0.875. The van der Waals surface area contributed by atoms with E-state index in [0.717, 1.165) is 6.07 Å². The number of carbonyl (C=O) groups excluding carboxylic acids is 1. The number of alkyl halides is 2. The number of fused-ring (bicyclic) bond motifs is 1. The Morgan fingerprint density at radius 3 is 2.53 bits per heavy atom. The molecule has 4 rings (SSSR count). The third kappa shape index (κ3) is 3.84. The van der Waals surface area contributed by atoms with E-state index in [2.05, 4.69) is 19.8 Å². The number of halogens is 4. The summed E-state index contributed by atoms with van der Waals surface area (Å²) in [7, 11) is 1.36. The Morgan fingerprint density at radius 1 is 1.13 bits per heavy atom. The fourth-order valence-corrected chi connectivity index (χ4v) is 3.12. The average molecular weight is 437 g/mol. The van der Waals surface area contributed by atoms with Gasteiger partial charge in [0.25, 0.3) is 5.91 Å². The number of carbonyl (C=O) groups is 1. The van der Waals surface area contributed by atoms with Crippen LogP contribution in [0.3, 0.4) is 0 Å². The monoisotopic (exact) mass is 436 g/mol. The van der Waals surface area contributed by atoms with Crippen molar-refractivity contribution in [3.05, 3.63) is 65.1 Å². The summed E-state index contributed by atoms with van der Waals surface area (Å²) in [6.07, 6.45) is -2.37. The summed E-state index contributed by atoms with van der Waals surface area (Å²) in [6.45, 7) is 0. The third-order valence-corrected chi connectivity index (χ3v) is 4.53. The summed E-state index contributed by atoms with van der Waals surface area (Å²) in [5, 5.41) is 2.68. The van der Waals surface area contributed by atoms with Crippen molar-refractivity contribution in [2.45, 2.75) is 6.29 Å². The molecule has 0 saturated carbocycles. The molecule has 0 unspecified atom stereocenters. The molecule has 2 heterocycles. The summed E-state index contributed by atoms with van der Waals surface area (Å²) < 4.78 is 53.8. The standard InChI is InChI=1S/C20H12ClF3N2O4/c1-28-15-4-3-11(22)6-13(15)19(27)26-18-5-2-10(9-25-18)12-7-16-17(8-14(12)21)30-20(23,24)29-16/h2-9H,1H3,(H,25,26,27). The van der Waals surface area contributed by atoms with Crippen molar-refractivity contribution < 1.29 is 32.2 Å². The van der Waals surface area contributed by atoms with Crippen LogP contribution in [0.25, 0.3) is 11.1 Å². The minimum atomic E-state index is -3.76. The second kappa shape index (κ2) is 7.42. The lowest BCUT2D eigenvalue weighted by molar-refractivity contribution is -0.286. The molecule has 0 aliphatic carbocycles. The van der Waals surface area contributed by atoms with Crippen LogP contribution in [-0.2, 0) is 0 Å². The Hall–Kier alpha value is -3.46. The van der Waals surface area contributed by atoms with Crippen LogP contribution < -0.4 is 19.5 Å². The maximum absolute atomic E-state index is 13.5. The van der Waals surface area contributed by atoms with E-state index in [4.69, 9.17) is 16.3 Å². The van der Waals surface area contributed by atoms with Gasteiger partial charge in [-0.05, 0) is 36.4 Å². The van der Waals surface area contributed by atoms with Crippen molar-refractivity contribution >= 4 is 23.3 Å². The summed E-state index contributed by atoms with van der Waals surface area (Å²) in [5.74, 6) is -1.15. The van der Waals surface area contributed by atoms with Crippen molar-refractivity contribution in [3.8, 4) is 28.4 Å². The van der Waals surface area contributed by atoms with Gasteiger partial charge >= 0.3 is 6.29 Å². The lowest BCUT2D eigenvalue weighted by Gasteiger charge is -2.10. The molecule has 2 aromatic carbocycles. The third-order valence-electron chi connectivity index (χ3n) is 4.21. The number of anilines is 1. The number of amides is 1. The Labute approximate surface area is 173 Å². The molecule has 10 heteroatoms. The molecular weight excluding hydrogens is 425 g/mol. The number of nitrogens with one attached hydrogen (secondary N) is 1. The predicted octanol–water partition coefficient (Wildman–Crippen LogP) is 5.12. The van der Waals surface area contributed by atoms with Crippen LogP contribution in [0.5, 0.6) is 17.2 Å². The molecule has 0 fully saturated rings. The van der Waals surface area contributed by atoms with Gasteiger partial charge in [0.15, 0.2) is 11.5 Å². The Balaban J connectivity index is 1.56. The van der Waals surface area contributed by atoms with Crippen LogP contribution in [0.2, 0.25) is 5.02 Å². The first kappa shape index (κ1) is 19.8. The zero-order valence-electron chi connectivity index (χ0n) is 15.2. The van der Waals surface area contributed by atoms with Crippen molar-refractivity contribution in [1.29, 1.82) is 0 Å². The van der Waals surface area contributed by atoms with Gasteiger partial charge in [-0.3, -0.25) is 4.79 Å². The van der Waals surface area contributed by atoms with Crippen molar-refractivity contribution in [3.63, 3.8) is 0 Å². The quantitative estimate of drug-likeness (QED) is 0.614. The Morgan fingerprint density at radius 2 is 1.87 bits per heavy atom. The number of hydrogen-bond acceptors (Lipinski definition) is 5. The van der Waals surface area contributed by atoms with Crippen LogP contribution in [0.1, 0.15) is 10.4 Å². The first-order valence-corrected chi connectivity index (χ1v) is 8.84. The van der Waals surface area contributed by atoms with E-state index in [1.807, 2.05) is 0 Å². The zero-order chi connectivity index (χ0) is 21.5. The van der Waals surface area contributed by atoms with Gasteiger partial charge in [-0.15, -0.1) is 8.78 Å². The van der Waals surface area contributed by atoms with E-state index in [9.17, 15) is 18.0 Å². The number of rotatable bonds is 4. The van der Waals surface area contributed by atoms with E-state index in [1.165, 1.54) is 43.6 Å². The molecule has 1 aromatic heterocycles. The van der Waals surface area contributed by atoms with Gasteiger partial charge in [0.2, 0.25) is 0 Å². The molecule has 30 heavy (non-hydrogen) atoms. The molecule has 154 valence electrons. The molecule has 1 aliphatic heterocycles. The minimum Gasteiger partial charge on any atom is -0.496 e. The second-order valence-electron chi connectivity index (χ2n) is 6.18. The molecule has 0 atom stereocenters. The van der Waals surface area contributed by atoms with Gasteiger partial charge < -0.3 is 19.5 Å². The highest BCUT2D eigenvalue weighted by molar-refractivity contribution is 6.33. The largest absolute Gasteiger partial charge is 0.586 e. The van der Waals surface area contributed by atoms with E-state index in [-0.39, 0.29) is 33.7 Å². The maximum atomic E-state index is 13.5. The maximum Gasteiger partial charge on any atom is 0.586 e. The number of hydrogen-bond donors (Lipinski definition) is 1. The number of benzene rings is 2. The number of methoxy groups -OCH3 is 1. The van der Waals surface area contributed by atoms with Gasteiger partial charge in [0.1, 0.15) is 17.4 Å². The smallest absolute Gasteiger partial charge is 0.496 e. The van der Waals surface area contributed by atoms with E-state index < -0.39 is 18.0 Å². The molecule has 6 nitrogen and oxygen atoms in total. The fraction of sp³-hybridized carbons (Fsp3) is 0.100. The minimum absolute atomic E-state index is 0.00289. The molecule has 0 bridgehead atoms. The van der Waals surface area contributed by atoms with Crippen molar-refractivity contribution in [2.75, 3.05) is 12.4 Å². The van der Waals surface area contributed by atoms with E-state index >= 15 is 0 Å². The molecule has 1 aliphatic rings. The van der Waals surface area contributed by atoms with E-state index in [1.54, 1.807) is 6.07 Å². The predicted molar refractivity (Wildman–Crippen MR) is 102 cm³/mol. The highest BCUT2D eigenvalue weighted by Crippen LogP contribution is 2.46. The molecule has 1 amide bonds. The molecule has 0 radical (unpaired) electrons.